The van der Waals surface area contributed by atoms with Crippen LogP contribution in [0.1, 0.15) is 21.5 Å². The van der Waals surface area contributed by atoms with Crippen molar-refractivity contribution in [1.29, 1.82) is 0 Å². The van der Waals surface area contributed by atoms with Gasteiger partial charge in [-0.05, 0) is 55.3 Å². The summed E-state index contributed by atoms with van der Waals surface area (Å²) in [5.41, 5.74) is 4.13. The van der Waals surface area contributed by atoms with Gasteiger partial charge in [0.15, 0.2) is 0 Å². The number of aromatic nitrogens is 1. The molecule has 28 heavy (non-hydrogen) atoms. The van der Waals surface area contributed by atoms with Gasteiger partial charge in [-0.2, -0.15) is 0 Å². The average Bonchev–Trinajstić information content (AvgIpc) is 2.71. The number of rotatable bonds is 6. The van der Waals surface area contributed by atoms with Crippen LogP contribution in [0.3, 0.4) is 0 Å². The molecule has 144 valence electrons. The maximum absolute atomic E-state index is 12.7. The van der Waals surface area contributed by atoms with Gasteiger partial charge in [0.1, 0.15) is 17.3 Å². The fourth-order valence-corrected chi connectivity index (χ4v) is 2.74. The first-order valence-corrected chi connectivity index (χ1v) is 8.84. The number of methoxy groups -OCH3 is 2. The summed E-state index contributed by atoms with van der Waals surface area (Å²) in [5.74, 6) is 1.65. The number of anilines is 3. The zero-order valence-corrected chi connectivity index (χ0v) is 16.4. The highest BCUT2D eigenvalue weighted by Crippen LogP contribution is 2.31. The molecule has 0 spiro atoms. The maximum atomic E-state index is 12.7. The summed E-state index contributed by atoms with van der Waals surface area (Å²) < 4.78 is 10.6. The summed E-state index contributed by atoms with van der Waals surface area (Å²) >= 11 is 0. The Kier molecular flexibility index (Phi) is 5.79. The van der Waals surface area contributed by atoms with Gasteiger partial charge in [0.2, 0.25) is 0 Å². The molecule has 2 N–H and O–H groups in total. The molecule has 0 bridgehead atoms. The lowest BCUT2D eigenvalue weighted by Crippen LogP contribution is -2.13. The van der Waals surface area contributed by atoms with Crippen LogP contribution in [0.5, 0.6) is 11.5 Å². The Morgan fingerprint density at radius 2 is 1.75 bits per heavy atom. The third-order valence-electron chi connectivity index (χ3n) is 4.33. The van der Waals surface area contributed by atoms with Gasteiger partial charge in [0.25, 0.3) is 5.91 Å². The second-order valence-corrected chi connectivity index (χ2v) is 6.39. The highest BCUT2D eigenvalue weighted by molar-refractivity contribution is 6.05. The third-order valence-corrected chi connectivity index (χ3v) is 4.33. The summed E-state index contributed by atoms with van der Waals surface area (Å²) in [6.45, 7) is 3.95. The topological polar surface area (TPSA) is 72.5 Å². The largest absolute Gasteiger partial charge is 0.497 e. The SMILES string of the molecule is COc1ccc(Nc2cc(C(=O)Nc3cc(C)ccc3C)ccn2)c(OC)c1. The molecular formula is C22H23N3O3. The van der Waals surface area contributed by atoms with Gasteiger partial charge in [-0.1, -0.05) is 12.1 Å². The number of benzene rings is 2. The van der Waals surface area contributed by atoms with Crippen LogP contribution in [-0.2, 0) is 0 Å². The van der Waals surface area contributed by atoms with Crippen LogP contribution < -0.4 is 20.1 Å². The number of nitrogens with zero attached hydrogens (tertiary/aromatic N) is 1. The summed E-state index contributed by atoms with van der Waals surface area (Å²) in [6, 6.07) is 14.8. The number of aryl methyl sites for hydroxylation is 2. The first kappa shape index (κ1) is 19.2. The molecule has 0 saturated carbocycles. The molecule has 1 amide bonds. The Morgan fingerprint density at radius 1 is 0.929 bits per heavy atom. The molecule has 0 saturated heterocycles. The van der Waals surface area contributed by atoms with E-state index in [9.17, 15) is 4.79 Å². The molecule has 0 unspecified atom stereocenters. The summed E-state index contributed by atoms with van der Waals surface area (Å²) in [5, 5.41) is 6.14. The van der Waals surface area contributed by atoms with Crippen LogP contribution >= 0.6 is 0 Å². The zero-order valence-electron chi connectivity index (χ0n) is 16.4. The van der Waals surface area contributed by atoms with E-state index < -0.39 is 0 Å². The van der Waals surface area contributed by atoms with Crippen LogP contribution in [0.25, 0.3) is 0 Å². The lowest BCUT2D eigenvalue weighted by molar-refractivity contribution is 0.102. The van der Waals surface area contributed by atoms with Crippen molar-refractivity contribution in [1.82, 2.24) is 4.98 Å². The Hall–Kier alpha value is -3.54. The van der Waals surface area contributed by atoms with Crippen LogP contribution in [0, 0.1) is 13.8 Å². The van der Waals surface area contributed by atoms with Gasteiger partial charge in [-0.25, -0.2) is 4.98 Å². The van der Waals surface area contributed by atoms with Crippen molar-refractivity contribution in [2.45, 2.75) is 13.8 Å². The number of carbonyl (C=O) groups is 1. The van der Waals surface area contributed by atoms with Crippen LogP contribution in [0.4, 0.5) is 17.2 Å². The highest BCUT2D eigenvalue weighted by Gasteiger charge is 2.11. The number of hydrogen-bond donors (Lipinski definition) is 2. The molecule has 0 atom stereocenters. The number of carbonyl (C=O) groups excluding carboxylic acids is 1. The number of pyridine rings is 1. The number of hydrogen-bond acceptors (Lipinski definition) is 5. The minimum absolute atomic E-state index is 0.194. The number of nitrogens with one attached hydrogen (secondary N) is 2. The quantitative estimate of drug-likeness (QED) is 0.651. The lowest BCUT2D eigenvalue weighted by Gasteiger charge is -2.13. The van der Waals surface area contributed by atoms with Crippen LogP contribution in [0.15, 0.2) is 54.7 Å². The molecule has 0 aliphatic heterocycles. The first-order valence-electron chi connectivity index (χ1n) is 8.84. The smallest absolute Gasteiger partial charge is 0.255 e. The average molecular weight is 377 g/mol. The van der Waals surface area contributed by atoms with Crippen LogP contribution in [0.2, 0.25) is 0 Å². The van der Waals surface area contributed by atoms with Crippen molar-refractivity contribution in [2.75, 3.05) is 24.9 Å². The molecule has 1 aromatic heterocycles. The van der Waals surface area contributed by atoms with E-state index in [2.05, 4.69) is 15.6 Å². The van der Waals surface area contributed by atoms with Gasteiger partial charge in [-0.15, -0.1) is 0 Å². The van der Waals surface area contributed by atoms with Gasteiger partial charge in [0, 0.05) is 23.5 Å². The highest BCUT2D eigenvalue weighted by atomic mass is 16.5. The summed E-state index contributed by atoms with van der Waals surface area (Å²) in [7, 11) is 3.18. The molecule has 0 aliphatic carbocycles. The van der Waals surface area contributed by atoms with Crippen molar-refractivity contribution < 1.29 is 14.3 Å². The predicted molar refractivity (Wildman–Crippen MR) is 111 cm³/mol. The number of amides is 1. The molecule has 0 fully saturated rings. The molecule has 3 aromatic rings. The first-order chi connectivity index (χ1) is 13.5. The van der Waals surface area contributed by atoms with E-state index in [0.29, 0.717) is 22.9 Å². The van der Waals surface area contributed by atoms with Crippen molar-refractivity contribution >= 4 is 23.1 Å². The van der Waals surface area contributed by atoms with Crippen molar-refractivity contribution in [3.63, 3.8) is 0 Å². The van der Waals surface area contributed by atoms with E-state index in [0.717, 1.165) is 22.5 Å². The Labute approximate surface area is 164 Å². The monoisotopic (exact) mass is 377 g/mol. The molecule has 1 heterocycles. The van der Waals surface area contributed by atoms with Gasteiger partial charge >= 0.3 is 0 Å². The molecular weight excluding hydrogens is 354 g/mol. The molecule has 6 nitrogen and oxygen atoms in total. The number of ether oxygens (including phenoxy) is 2. The fourth-order valence-electron chi connectivity index (χ4n) is 2.74. The lowest BCUT2D eigenvalue weighted by atomic mass is 10.1. The van der Waals surface area contributed by atoms with Crippen molar-refractivity contribution in [3.05, 3.63) is 71.4 Å². The molecule has 0 radical (unpaired) electrons. The summed E-state index contributed by atoms with van der Waals surface area (Å²) in [4.78, 5) is 17.0. The Bertz CT molecular complexity index is 1000. The molecule has 2 aromatic carbocycles. The summed E-state index contributed by atoms with van der Waals surface area (Å²) in [6.07, 6.45) is 1.59. The molecule has 6 heteroatoms. The van der Waals surface area contributed by atoms with E-state index in [1.54, 1.807) is 38.6 Å². The van der Waals surface area contributed by atoms with E-state index in [4.69, 9.17) is 9.47 Å². The van der Waals surface area contributed by atoms with E-state index in [-0.39, 0.29) is 5.91 Å². The Balaban J connectivity index is 1.80. The van der Waals surface area contributed by atoms with E-state index in [1.807, 2.05) is 44.2 Å². The third kappa shape index (κ3) is 4.40. The predicted octanol–water partition coefficient (Wildman–Crippen LogP) is 4.71. The zero-order chi connectivity index (χ0) is 20.1. The second kappa shape index (κ2) is 8.43. The minimum atomic E-state index is -0.194. The van der Waals surface area contributed by atoms with Crippen molar-refractivity contribution in [3.8, 4) is 11.5 Å². The standard InChI is InChI=1S/C22H23N3O3/c1-14-5-6-15(2)19(11-14)25-22(26)16-9-10-23-21(12-16)24-18-8-7-17(27-3)13-20(18)28-4/h5-13H,1-4H3,(H,23,24)(H,25,26). The molecule has 3 rings (SSSR count). The second-order valence-electron chi connectivity index (χ2n) is 6.39. The van der Waals surface area contributed by atoms with E-state index in [1.165, 1.54) is 0 Å². The molecule has 0 aliphatic rings. The fraction of sp³-hybridized carbons (Fsp3) is 0.182. The maximum Gasteiger partial charge on any atom is 0.255 e. The van der Waals surface area contributed by atoms with Gasteiger partial charge < -0.3 is 20.1 Å². The van der Waals surface area contributed by atoms with Crippen LogP contribution in [-0.4, -0.2) is 25.1 Å². The van der Waals surface area contributed by atoms with E-state index >= 15 is 0 Å². The van der Waals surface area contributed by atoms with Gasteiger partial charge in [0.05, 0.1) is 19.9 Å². The normalized spacial score (nSPS) is 10.3. The Morgan fingerprint density at radius 3 is 2.50 bits per heavy atom. The minimum Gasteiger partial charge on any atom is -0.497 e. The van der Waals surface area contributed by atoms with Gasteiger partial charge in [-0.3, -0.25) is 4.79 Å². The van der Waals surface area contributed by atoms with Crippen molar-refractivity contribution in [2.24, 2.45) is 0 Å².